The number of anilines is 1. The van der Waals surface area contributed by atoms with Crippen molar-refractivity contribution in [3.8, 4) is 5.75 Å². The number of aromatic nitrogens is 1. The largest absolute Gasteiger partial charge is 0.495 e. The quantitative estimate of drug-likeness (QED) is 0.400. The van der Waals surface area contributed by atoms with Gasteiger partial charge in [-0.25, -0.2) is 0 Å². The van der Waals surface area contributed by atoms with Gasteiger partial charge >= 0.3 is 11.8 Å². The summed E-state index contributed by atoms with van der Waals surface area (Å²) < 4.78 is 5.28. The number of rotatable bonds is 6. The van der Waals surface area contributed by atoms with Crippen LogP contribution in [0.3, 0.4) is 0 Å². The van der Waals surface area contributed by atoms with E-state index in [0.29, 0.717) is 11.4 Å². The molecule has 0 fully saturated rings. The minimum Gasteiger partial charge on any atom is -0.495 e. The van der Waals surface area contributed by atoms with Gasteiger partial charge < -0.3 is 20.4 Å². The van der Waals surface area contributed by atoms with Crippen LogP contribution in [0.25, 0.3) is 10.9 Å². The van der Waals surface area contributed by atoms with Gasteiger partial charge in [-0.3, -0.25) is 9.59 Å². The summed E-state index contributed by atoms with van der Waals surface area (Å²) in [5.74, 6) is -1.05. The van der Waals surface area contributed by atoms with Gasteiger partial charge in [0.1, 0.15) is 5.75 Å². The molecule has 0 saturated heterocycles. The van der Waals surface area contributed by atoms with Crippen molar-refractivity contribution in [1.29, 1.82) is 0 Å². The number of hydrogen-bond acceptors (Lipinski definition) is 3. The number of para-hydroxylation sites is 1. The molecule has 4 aromatic rings. The predicted octanol–water partition coefficient (Wildman–Crippen LogP) is 4.37. The molecular weight excluding hydrogens is 402 g/mol. The highest BCUT2D eigenvalue weighted by Crippen LogP contribution is 2.30. The molecule has 1 atom stereocenters. The zero-order valence-electron chi connectivity index (χ0n) is 18.0. The maximum atomic E-state index is 12.6. The number of aromatic amines is 1. The molecule has 0 aliphatic rings. The van der Waals surface area contributed by atoms with Gasteiger partial charge in [0.05, 0.1) is 12.8 Å². The molecule has 1 aromatic heterocycles. The Labute approximate surface area is 186 Å². The molecule has 0 bridgehead atoms. The van der Waals surface area contributed by atoms with Gasteiger partial charge in [-0.2, -0.15) is 0 Å². The second-order valence-corrected chi connectivity index (χ2v) is 7.62. The molecule has 0 aliphatic heterocycles. The number of benzene rings is 3. The van der Waals surface area contributed by atoms with Crippen LogP contribution in [-0.4, -0.2) is 30.5 Å². The third-order valence-corrected chi connectivity index (χ3v) is 5.47. The van der Waals surface area contributed by atoms with Crippen LogP contribution in [0.2, 0.25) is 0 Å². The van der Waals surface area contributed by atoms with Gasteiger partial charge in [-0.05, 0) is 41.8 Å². The average molecular weight is 428 g/mol. The Balaban J connectivity index is 1.53. The number of carbonyl (C=O) groups is 2. The Kier molecular flexibility index (Phi) is 6.22. The molecule has 32 heavy (non-hydrogen) atoms. The lowest BCUT2D eigenvalue weighted by atomic mass is 9.91. The molecule has 6 heteroatoms. The molecule has 3 N–H and O–H groups in total. The number of carbonyl (C=O) groups excluding carboxylic acids is 2. The fraction of sp³-hybridized carbons (Fsp3) is 0.154. The maximum absolute atomic E-state index is 12.6. The van der Waals surface area contributed by atoms with Crippen molar-refractivity contribution in [3.63, 3.8) is 0 Å². The molecule has 2 amide bonds. The predicted molar refractivity (Wildman–Crippen MR) is 126 cm³/mol. The molecule has 1 unspecified atom stereocenters. The standard InChI is InChI=1S/C26H25N3O3/c1-17-12-13-24(32-2)23(14-17)29-26(31)25(30)28-15-20(18-8-4-3-5-9-18)21-16-27-22-11-7-6-10-19(21)22/h3-14,16,20,27H,15H2,1-2H3,(H,28,30)(H,29,31). The Morgan fingerprint density at radius 3 is 2.50 bits per heavy atom. The van der Waals surface area contributed by atoms with Crippen LogP contribution < -0.4 is 15.4 Å². The monoisotopic (exact) mass is 427 g/mol. The Morgan fingerprint density at radius 1 is 0.969 bits per heavy atom. The van der Waals surface area contributed by atoms with Crippen LogP contribution in [0.4, 0.5) is 5.69 Å². The summed E-state index contributed by atoms with van der Waals surface area (Å²) in [4.78, 5) is 28.5. The first-order valence-corrected chi connectivity index (χ1v) is 10.4. The second kappa shape index (κ2) is 9.39. The minimum atomic E-state index is -0.736. The Hall–Kier alpha value is -4.06. The first-order chi connectivity index (χ1) is 15.6. The lowest BCUT2D eigenvalue weighted by Gasteiger charge is -2.18. The fourth-order valence-electron chi connectivity index (χ4n) is 3.85. The van der Waals surface area contributed by atoms with E-state index in [4.69, 9.17) is 4.74 Å². The third-order valence-electron chi connectivity index (χ3n) is 5.47. The van der Waals surface area contributed by atoms with Gasteiger partial charge in [-0.15, -0.1) is 0 Å². The van der Waals surface area contributed by atoms with Crippen molar-refractivity contribution >= 4 is 28.4 Å². The zero-order valence-corrected chi connectivity index (χ0v) is 18.0. The Morgan fingerprint density at radius 2 is 1.72 bits per heavy atom. The van der Waals surface area contributed by atoms with Crippen LogP contribution in [0, 0.1) is 6.92 Å². The molecule has 4 rings (SSSR count). The van der Waals surface area contributed by atoms with E-state index in [0.717, 1.165) is 27.6 Å². The molecular formula is C26H25N3O3. The molecule has 6 nitrogen and oxygen atoms in total. The van der Waals surface area contributed by atoms with Crippen molar-refractivity contribution in [1.82, 2.24) is 10.3 Å². The maximum Gasteiger partial charge on any atom is 0.313 e. The third kappa shape index (κ3) is 4.49. The van der Waals surface area contributed by atoms with E-state index in [1.807, 2.05) is 67.7 Å². The van der Waals surface area contributed by atoms with E-state index in [-0.39, 0.29) is 12.5 Å². The normalized spacial score (nSPS) is 11.7. The molecule has 0 saturated carbocycles. The van der Waals surface area contributed by atoms with Crippen molar-refractivity contribution < 1.29 is 14.3 Å². The molecule has 0 spiro atoms. The van der Waals surface area contributed by atoms with E-state index in [9.17, 15) is 9.59 Å². The van der Waals surface area contributed by atoms with Crippen LogP contribution in [0.5, 0.6) is 5.75 Å². The van der Waals surface area contributed by atoms with Gasteiger partial charge in [0, 0.05) is 29.6 Å². The average Bonchev–Trinajstić information content (AvgIpc) is 3.24. The molecule has 3 aromatic carbocycles. The van der Waals surface area contributed by atoms with Gasteiger partial charge in [-0.1, -0.05) is 54.6 Å². The number of amides is 2. The Bertz CT molecular complexity index is 1250. The summed E-state index contributed by atoms with van der Waals surface area (Å²) in [5.41, 5.74) is 4.55. The molecule has 0 radical (unpaired) electrons. The number of methoxy groups -OCH3 is 1. The summed E-state index contributed by atoms with van der Waals surface area (Å²) >= 11 is 0. The summed E-state index contributed by atoms with van der Waals surface area (Å²) in [6.45, 7) is 2.18. The van der Waals surface area contributed by atoms with Crippen molar-refractivity contribution in [2.45, 2.75) is 12.8 Å². The van der Waals surface area contributed by atoms with Gasteiger partial charge in [0.2, 0.25) is 0 Å². The highest BCUT2D eigenvalue weighted by atomic mass is 16.5. The van der Waals surface area contributed by atoms with Crippen LogP contribution >= 0.6 is 0 Å². The number of hydrogen-bond donors (Lipinski definition) is 3. The topological polar surface area (TPSA) is 83.2 Å². The molecule has 162 valence electrons. The van der Waals surface area contributed by atoms with Crippen LogP contribution in [0.15, 0.2) is 79.0 Å². The highest BCUT2D eigenvalue weighted by molar-refractivity contribution is 6.39. The first kappa shape index (κ1) is 21.2. The smallest absolute Gasteiger partial charge is 0.313 e. The lowest BCUT2D eigenvalue weighted by Crippen LogP contribution is -2.37. The SMILES string of the molecule is COc1ccc(C)cc1NC(=O)C(=O)NCC(c1ccccc1)c1c[nH]c2ccccc12. The molecule has 0 aliphatic carbocycles. The summed E-state index contributed by atoms with van der Waals surface area (Å²) in [7, 11) is 1.52. The van der Waals surface area contributed by atoms with Crippen LogP contribution in [0.1, 0.15) is 22.6 Å². The van der Waals surface area contributed by atoms with Gasteiger partial charge in [0.15, 0.2) is 0 Å². The van der Waals surface area contributed by atoms with E-state index in [1.54, 1.807) is 12.1 Å². The fourth-order valence-corrected chi connectivity index (χ4v) is 3.85. The summed E-state index contributed by atoms with van der Waals surface area (Å²) in [5, 5.41) is 6.54. The van der Waals surface area contributed by atoms with E-state index in [2.05, 4.69) is 21.7 Å². The van der Waals surface area contributed by atoms with Crippen LogP contribution in [-0.2, 0) is 9.59 Å². The van der Waals surface area contributed by atoms with Crippen molar-refractivity contribution in [2.24, 2.45) is 0 Å². The van der Waals surface area contributed by atoms with E-state index in [1.165, 1.54) is 7.11 Å². The minimum absolute atomic E-state index is 0.113. The van der Waals surface area contributed by atoms with Crippen molar-refractivity contribution in [3.05, 3.63) is 95.7 Å². The van der Waals surface area contributed by atoms with Crippen molar-refractivity contribution in [2.75, 3.05) is 19.0 Å². The van der Waals surface area contributed by atoms with Gasteiger partial charge in [0.25, 0.3) is 0 Å². The zero-order chi connectivity index (χ0) is 22.5. The molecule has 1 heterocycles. The number of aryl methyl sites for hydroxylation is 1. The highest BCUT2D eigenvalue weighted by Gasteiger charge is 2.22. The second-order valence-electron chi connectivity index (χ2n) is 7.62. The summed E-state index contributed by atoms with van der Waals surface area (Å²) in [6.07, 6.45) is 1.96. The lowest BCUT2D eigenvalue weighted by molar-refractivity contribution is -0.136. The first-order valence-electron chi connectivity index (χ1n) is 10.4. The number of fused-ring (bicyclic) bond motifs is 1. The summed E-state index contributed by atoms with van der Waals surface area (Å²) in [6, 6.07) is 23.4. The number of nitrogens with one attached hydrogen (secondary N) is 3. The van der Waals surface area contributed by atoms with E-state index < -0.39 is 11.8 Å². The van der Waals surface area contributed by atoms with E-state index >= 15 is 0 Å². The number of ether oxygens (including phenoxy) is 1. The number of H-pyrrole nitrogens is 1.